The average molecular weight is 215 g/mol. The van der Waals surface area contributed by atoms with E-state index in [1.165, 1.54) is 7.11 Å². The molecule has 0 atom stereocenters. The molecule has 0 saturated heterocycles. The molecule has 0 amide bonds. The Kier molecular flexibility index (Phi) is 6.80. The van der Waals surface area contributed by atoms with Crippen molar-refractivity contribution in [3.05, 3.63) is 0 Å². The predicted molar refractivity (Wildman–Crippen MR) is 50.5 cm³/mol. The molecule has 0 fully saturated rings. The van der Waals surface area contributed by atoms with E-state index in [1.807, 2.05) is 0 Å². The molecule has 0 bridgehead atoms. The molecule has 12 heavy (non-hydrogen) atoms. The van der Waals surface area contributed by atoms with Crippen LogP contribution in [0.1, 0.15) is 12.8 Å². The molecule has 74 valence electrons. The number of methoxy groups -OCH3 is 1. The number of sulfone groups is 1. The molecule has 0 aromatic rings. The molecule has 5 heteroatoms. The predicted octanol–water partition coefficient (Wildman–Crippen LogP) is 1.07. The van der Waals surface area contributed by atoms with E-state index in [0.29, 0.717) is 12.3 Å². The fourth-order valence-corrected chi connectivity index (χ4v) is 2.19. The molecular weight excluding hydrogens is 200 g/mol. The number of unbranched alkanes of at least 4 members (excludes halogenated alkanes) is 1. The van der Waals surface area contributed by atoms with Gasteiger partial charge < -0.3 is 4.74 Å². The lowest BCUT2D eigenvalue weighted by Crippen LogP contribution is -2.14. The minimum Gasteiger partial charge on any atom is -0.384 e. The molecular formula is C7H15ClO3S. The third kappa shape index (κ3) is 6.88. The van der Waals surface area contributed by atoms with Gasteiger partial charge in [0.2, 0.25) is 0 Å². The molecule has 0 aliphatic heterocycles. The maximum absolute atomic E-state index is 11.1. The lowest BCUT2D eigenvalue weighted by molar-refractivity contribution is 0.217. The summed E-state index contributed by atoms with van der Waals surface area (Å²) in [4.78, 5) is 0. The number of halogens is 1. The number of hydrogen-bond acceptors (Lipinski definition) is 3. The van der Waals surface area contributed by atoms with Gasteiger partial charge in [0.15, 0.2) is 9.84 Å². The molecule has 3 nitrogen and oxygen atoms in total. The van der Waals surface area contributed by atoms with E-state index in [1.54, 1.807) is 0 Å². The fraction of sp³-hybridized carbons (Fsp3) is 1.00. The zero-order chi connectivity index (χ0) is 9.45. The summed E-state index contributed by atoms with van der Waals surface area (Å²) in [6.07, 6.45) is 1.41. The Balaban J connectivity index is 3.58. The van der Waals surface area contributed by atoms with Gasteiger partial charge in [0, 0.05) is 13.0 Å². The summed E-state index contributed by atoms with van der Waals surface area (Å²) < 4.78 is 27.0. The summed E-state index contributed by atoms with van der Waals surface area (Å²) in [5.74, 6) is 0.870. The van der Waals surface area contributed by atoms with Crippen molar-refractivity contribution < 1.29 is 13.2 Å². The highest BCUT2D eigenvalue weighted by molar-refractivity contribution is 7.91. The SMILES string of the molecule is COCCS(=O)(=O)CCCCCl. The van der Waals surface area contributed by atoms with Crippen LogP contribution in [0.4, 0.5) is 0 Å². The Bertz CT molecular complexity index is 189. The summed E-state index contributed by atoms with van der Waals surface area (Å²) >= 11 is 5.42. The molecule has 0 saturated carbocycles. The molecule has 0 aromatic heterocycles. The van der Waals surface area contributed by atoms with Gasteiger partial charge in [-0.15, -0.1) is 11.6 Å². The number of ether oxygens (including phenoxy) is 1. The lowest BCUT2D eigenvalue weighted by atomic mass is 10.4. The summed E-state index contributed by atoms with van der Waals surface area (Å²) in [6.45, 7) is 0.281. The first-order valence-electron chi connectivity index (χ1n) is 3.87. The van der Waals surface area contributed by atoms with Crippen molar-refractivity contribution in [2.24, 2.45) is 0 Å². The second-order valence-corrected chi connectivity index (χ2v) is 5.22. The van der Waals surface area contributed by atoms with Crippen LogP contribution >= 0.6 is 11.6 Å². The standard InChI is InChI=1S/C7H15ClO3S/c1-11-5-7-12(9,10)6-3-2-4-8/h2-7H2,1H3. The molecule has 0 heterocycles. The van der Waals surface area contributed by atoms with Gasteiger partial charge in [0.25, 0.3) is 0 Å². The average Bonchev–Trinajstić information content (AvgIpc) is 2.01. The first-order valence-corrected chi connectivity index (χ1v) is 6.23. The highest BCUT2D eigenvalue weighted by Gasteiger charge is 2.08. The van der Waals surface area contributed by atoms with Gasteiger partial charge in [-0.25, -0.2) is 8.42 Å². The summed E-state index contributed by atoms with van der Waals surface area (Å²) in [6, 6.07) is 0. The molecule has 0 aliphatic carbocycles. The van der Waals surface area contributed by atoms with Crippen LogP contribution < -0.4 is 0 Å². The van der Waals surface area contributed by atoms with Crippen LogP contribution in [0.25, 0.3) is 0 Å². The van der Waals surface area contributed by atoms with Crippen molar-refractivity contribution in [3.8, 4) is 0 Å². The minimum absolute atomic E-state index is 0.117. The van der Waals surface area contributed by atoms with E-state index >= 15 is 0 Å². The first kappa shape index (κ1) is 12.2. The monoisotopic (exact) mass is 214 g/mol. The zero-order valence-corrected chi connectivity index (χ0v) is 8.83. The van der Waals surface area contributed by atoms with Crippen molar-refractivity contribution in [2.45, 2.75) is 12.8 Å². The Morgan fingerprint density at radius 3 is 2.42 bits per heavy atom. The van der Waals surface area contributed by atoms with Gasteiger partial charge in [0.1, 0.15) is 0 Å². The topological polar surface area (TPSA) is 43.4 Å². The first-order chi connectivity index (χ1) is 5.62. The Hall–Kier alpha value is 0.200. The fourth-order valence-electron chi connectivity index (χ4n) is 0.729. The van der Waals surface area contributed by atoms with E-state index in [0.717, 1.165) is 6.42 Å². The molecule has 0 aliphatic rings. The highest BCUT2D eigenvalue weighted by atomic mass is 35.5. The molecule has 0 unspecified atom stereocenters. The third-order valence-electron chi connectivity index (χ3n) is 1.44. The Morgan fingerprint density at radius 2 is 1.92 bits per heavy atom. The number of rotatable bonds is 7. The van der Waals surface area contributed by atoms with E-state index in [2.05, 4.69) is 4.74 Å². The molecule has 0 N–H and O–H groups in total. The smallest absolute Gasteiger partial charge is 0.152 e. The second kappa shape index (κ2) is 6.69. The molecule has 0 rings (SSSR count). The number of hydrogen-bond donors (Lipinski definition) is 0. The maximum atomic E-state index is 11.1. The van der Waals surface area contributed by atoms with Crippen molar-refractivity contribution in [3.63, 3.8) is 0 Å². The van der Waals surface area contributed by atoms with Gasteiger partial charge in [-0.3, -0.25) is 0 Å². The summed E-state index contributed by atoms with van der Waals surface area (Å²) in [7, 11) is -1.41. The van der Waals surface area contributed by atoms with Crippen LogP contribution in [-0.2, 0) is 14.6 Å². The van der Waals surface area contributed by atoms with E-state index < -0.39 is 9.84 Å². The van der Waals surface area contributed by atoms with Crippen LogP contribution in [0.3, 0.4) is 0 Å². The van der Waals surface area contributed by atoms with Crippen molar-refractivity contribution in [1.29, 1.82) is 0 Å². The lowest BCUT2D eigenvalue weighted by Gasteiger charge is -2.01. The third-order valence-corrected chi connectivity index (χ3v) is 3.40. The molecule has 0 radical (unpaired) electrons. The van der Waals surface area contributed by atoms with Gasteiger partial charge in [-0.2, -0.15) is 0 Å². The summed E-state index contributed by atoms with van der Waals surface area (Å²) in [5.41, 5.74) is 0. The van der Waals surface area contributed by atoms with Crippen molar-refractivity contribution >= 4 is 21.4 Å². The van der Waals surface area contributed by atoms with Crippen molar-refractivity contribution in [1.82, 2.24) is 0 Å². The second-order valence-electron chi connectivity index (χ2n) is 2.54. The number of alkyl halides is 1. The van der Waals surface area contributed by atoms with Gasteiger partial charge in [-0.05, 0) is 12.8 Å². The maximum Gasteiger partial charge on any atom is 0.152 e. The Morgan fingerprint density at radius 1 is 1.25 bits per heavy atom. The summed E-state index contributed by atoms with van der Waals surface area (Å²) in [5, 5.41) is 0. The molecule has 0 spiro atoms. The van der Waals surface area contributed by atoms with Crippen LogP contribution in [0.2, 0.25) is 0 Å². The van der Waals surface area contributed by atoms with Crippen LogP contribution in [-0.4, -0.2) is 39.5 Å². The van der Waals surface area contributed by atoms with E-state index in [-0.39, 0.29) is 18.1 Å². The van der Waals surface area contributed by atoms with Crippen LogP contribution in [0.15, 0.2) is 0 Å². The van der Waals surface area contributed by atoms with Gasteiger partial charge in [0.05, 0.1) is 18.1 Å². The van der Waals surface area contributed by atoms with Gasteiger partial charge >= 0.3 is 0 Å². The van der Waals surface area contributed by atoms with Crippen LogP contribution in [0.5, 0.6) is 0 Å². The highest BCUT2D eigenvalue weighted by Crippen LogP contribution is 1.98. The molecule has 0 aromatic carbocycles. The largest absolute Gasteiger partial charge is 0.384 e. The Labute approximate surface area is 79.0 Å². The van der Waals surface area contributed by atoms with E-state index in [9.17, 15) is 8.42 Å². The van der Waals surface area contributed by atoms with Crippen LogP contribution in [0, 0.1) is 0 Å². The van der Waals surface area contributed by atoms with Crippen molar-refractivity contribution in [2.75, 3.05) is 31.1 Å². The zero-order valence-electron chi connectivity index (χ0n) is 7.25. The van der Waals surface area contributed by atoms with Gasteiger partial charge in [-0.1, -0.05) is 0 Å². The quantitative estimate of drug-likeness (QED) is 0.470. The minimum atomic E-state index is -2.90. The normalized spacial score (nSPS) is 11.8. The van der Waals surface area contributed by atoms with E-state index in [4.69, 9.17) is 11.6 Å².